The van der Waals surface area contributed by atoms with Crippen molar-refractivity contribution in [3.63, 3.8) is 0 Å². The Morgan fingerprint density at radius 3 is 2.48 bits per heavy atom. The molecule has 1 aromatic carbocycles. The molecule has 5 heteroatoms. The van der Waals surface area contributed by atoms with E-state index in [0.29, 0.717) is 11.3 Å². The average Bonchev–Trinajstić information content (AvgIpc) is 2.54. The van der Waals surface area contributed by atoms with E-state index in [0.717, 1.165) is 16.3 Å². The number of nitrogens with zero attached hydrogens (tertiary/aromatic N) is 4. The van der Waals surface area contributed by atoms with Gasteiger partial charge in [0.25, 0.3) is 0 Å². The Bertz CT molecular complexity index is 1020. The molecule has 0 aliphatic heterocycles. The molecule has 3 heterocycles. The summed E-state index contributed by atoms with van der Waals surface area (Å²) >= 11 is 0. The van der Waals surface area contributed by atoms with Crippen molar-refractivity contribution in [2.45, 2.75) is 0 Å². The molecule has 0 aliphatic rings. The zero-order valence-corrected chi connectivity index (χ0v) is 11.0. The first-order valence-electron chi connectivity index (χ1n) is 6.51. The average molecular weight is 274 g/mol. The Kier molecular flexibility index (Phi) is 2.50. The molecule has 3 aromatic heterocycles. The fourth-order valence-corrected chi connectivity index (χ4v) is 2.46. The molecule has 0 saturated heterocycles. The number of fused-ring (bicyclic) bond motifs is 2. The maximum absolute atomic E-state index is 12.3. The second-order valence-corrected chi connectivity index (χ2v) is 4.64. The van der Waals surface area contributed by atoms with Crippen molar-refractivity contribution in [2.75, 3.05) is 0 Å². The van der Waals surface area contributed by atoms with Crippen molar-refractivity contribution in [3.8, 4) is 5.69 Å². The summed E-state index contributed by atoms with van der Waals surface area (Å²) < 4.78 is 1.50. The van der Waals surface area contributed by atoms with Gasteiger partial charge in [0.1, 0.15) is 5.65 Å². The van der Waals surface area contributed by atoms with E-state index in [-0.39, 0.29) is 5.69 Å². The minimum Gasteiger partial charge on any atom is -0.254 e. The molecule has 0 N–H and O–H groups in total. The van der Waals surface area contributed by atoms with E-state index < -0.39 is 0 Å². The van der Waals surface area contributed by atoms with E-state index >= 15 is 0 Å². The van der Waals surface area contributed by atoms with E-state index in [2.05, 4.69) is 15.0 Å². The van der Waals surface area contributed by atoms with Crippen LogP contribution in [0.3, 0.4) is 0 Å². The fourth-order valence-electron chi connectivity index (χ4n) is 2.46. The molecule has 0 bridgehead atoms. The van der Waals surface area contributed by atoms with E-state index in [1.54, 1.807) is 18.6 Å². The van der Waals surface area contributed by atoms with Crippen LogP contribution in [0.1, 0.15) is 0 Å². The first kappa shape index (κ1) is 11.7. The van der Waals surface area contributed by atoms with E-state index in [1.165, 1.54) is 4.57 Å². The Balaban J connectivity index is 2.19. The summed E-state index contributed by atoms with van der Waals surface area (Å²) in [5.41, 5.74) is 1.66. The lowest BCUT2D eigenvalue weighted by Gasteiger charge is -2.10. The van der Waals surface area contributed by atoms with Crippen molar-refractivity contribution in [1.82, 2.24) is 19.5 Å². The monoisotopic (exact) mass is 274 g/mol. The van der Waals surface area contributed by atoms with Crippen LogP contribution < -0.4 is 5.69 Å². The van der Waals surface area contributed by atoms with Crippen LogP contribution >= 0.6 is 0 Å². The van der Waals surface area contributed by atoms with Crippen LogP contribution in [-0.4, -0.2) is 19.5 Å². The van der Waals surface area contributed by atoms with Gasteiger partial charge in [-0.15, -0.1) is 0 Å². The molecule has 4 rings (SSSR count). The molecule has 0 aliphatic carbocycles. The molecular formula is C16H10N4O. The Morgan fingerprint density at radius 1 is 0.810 bits per heavy atom. The summed E-state index contributed by atoms with van der Waals surface area (Å²) in [6, 6.07) is 13.2. The third-order valence-electron chi connectivity index (χ3n) is 3.39. The molecule has 0 unspecified atom stereocenters. The molecule has 0 fully saturated rings. The number of pyridine rings is 2. The Morgan fingerprint density at radius 2 is 1.57 bits per heavy atom. The van der Waals surface area contributed by atoms with Gasteiger partial charge in [-0.1, -0.05) is 18.2 Å². The zero-order chi connectivity index (χ0) is 14.2. The van der Waals surface area contributed by atoms with Crippen LogP contribution in [0.25, 0.3) is 27.6 Å². The molecule has 21 heavy (non-hydrogen) atoms. The maximum atomic E-state index is 12.3. The molecule has 0 atom stereocenters. The van der Waals surface area contributed by atoms with Gasteiger partial charge in [0, 0.05) is 29.4 Å². The lowest BCUT2D eigenvalue weighted by molar-refractivity contribution is 0.945. The number of hydrogen-bond donors (Lipinski definition) is 0. The highest BCUT2D eigenvalue weighted by molar-refractivity contribution is 5.88. The topological polar surface area (TPSA) is 60.7 Å². The van der Waals surface area contributed by atoms with E-state index in [1.807, 2.05) is 42.5 Å². The smallest absolute Gasteiger partial charge is 0.254 e. The van der Waals surface area contributed by atoms with Crippen LogP contribution in [0.5, 0.6) is 0 Å². The second kappa shape index (κ2) is 4.49. The zero-order valence-electron chi connectivity index (χ0n) is 11.0. The predicted molar refractivity (Wildman–Crippen MR) is 80.4 cm³/mol. The Labute approximate surface area is 119 Å². The molecule has 0 spiro atoms. The first-order valence-corrected chi connectivity index (χ1v) is 6.51. The molecular weight excluding hydrogens is 264 g/mol. The lowest BCUT2D eigenvalue weighted by atomic mass is 10.2. The number of para-hydroxylation sites is 1. The minimum absolute atomic E-state index is 0.362. The van der Waals surface area contributed by atoms with Crippen molar-refractivity contribution >= 4 is 21.9 Å². The van der Waals surface area contributed by atoms with Crippen LogP contribution in [0, 0.1) is 0 Å². The van der Waals surface area contributed by atoms with Crippen molar-refractivity contribution < 1.29 is 0 Å². The molecule has 0 amide bonds. The van der Waals surface area contributed by atoms with Crippen molar-refractivity contribution in [2.24, 2.45) is 0 Å². The van der Waals surface area contributed by atoms with Crippen LogP contribution in [0.15, 0.2) is 65.8 Å². The van der Waals surface area contributed by atoms with Gasteiger partial charge in [-0.25, -0.2) is 19.3 Å². The normalized spacial score (nSPS) is 11.0. The van der Waals surface area contributed by atoms with Gasteiger partial charge < -0.3 is 0 Å². The van der Waals surface area contributed by atoms with Crippen molar-refractivity contribution in [3.05, 3.63) is 71.5 Å². The number of aromatic nitrogens is 4. The molecule has 0 radical (unpaired) electrons. The van der Waals surface area contributed by atoms with Gasteiger partial charge in [0.05, 0.1) is 11.2 Å². The highest BCUT2D eigenvalue weighted by atomic mass is 16.1. The summed E-state index contributed by atoms with van der Waals surface area (Å²) in [6.07, 6.45) is 4.92. The largest absolute Gasteiger partial charge is 0.353 e. The Hall–Kier alpha value is -3.08. The number of benzene rings is 1. The van der Waals surface area contributed by atoms with E-state index in [9.17, 15) is 4.79 Å². The molecule has 5 nitrogen and oxygen atoms in total. The van der Waals surface area contributed by atoms with Crippen LogP contribution in [0.2, 0.25) is 0 Å². The van der Waals surface area contributed by atoms with Gasteiger partial charge in [-0.05, 0) is 24.3 Å². The lowest BCUT2D eigenvalue weighted by Crippen LogP contribution is -2.22. The fraction of sp³-hybridized carbons (Fsp3) is 0. The second-order valence-electron chi connectivity index (χ2n) is 4.64. The first-order chi connectivity index (χ1) is 10.3. The number of rotatable bonds is 1. The molecule has 4 aromatic rings. The highest BCUT2D eigenvalue weighted by Gasteiger charge is 2.10. The summed E-state index contributed by atoms with van der Waals surface area (Å²) in [5, 5.41) is 1.78. The standard InChI is InChI=1S/C16H10N4O/c21-16-19-10-12-6-3-9-18-15(12)20(16)13-7-1-4-11-5-2-8-17-14(11)13/h1-10H. The quantitative estimate of drug-likeness (QED) is 0.534. The summed E-state index contributed by atoms with van der Waals surface area (Å²) in [5.74, 6) is 0. The van der Waals surface area contributed by atoms with Gasteiger partial charge in [0.15, 0.2) is 0 Å². The predicted octanol–water partition coefficient (Wildman–Crippen LogP) is 2.33. The van der Waals surface area contributed by atoms with Crippen molar-refractivity contribution in [1.29, 1.82) is 0 Å². The summed E-state index contributed by atoms with van der Waals surface area (Å²) in [4.78, 5) is 24.9. The third-order valence-corrected chi connectivity index (χ3v) is 3.39. The van der Waals surface area contributed by atoms with Crippen LogP contribution in [-0.2, 0) is 0 Å². The SMILES string of the molecule is O=c1ncc2cccnc2n1-c1cccc2cccnc12. The van der Waals surface area contributed by atoms with Gasteiger partial charge in [-0.3, -0.25) is 4.98 Å². The highest BCUT2D eigenvalue weighted by Crippen LogP contribution is 2.21. The van der Waals surface area contributed by atoms with Gasteiger partial charge >= 0.3 is 5.69 Å². The number of hydrogen-bond acceptors (Lipinski definition) is 4. The summed E-state index contributed by atoms with van der Waals surface area (Å²) in [6.45, 7) is 0. The third kappa shape index (κ3) is 1.79. The van der Waals surface area contributed by atoms with Gasteiger partial charge in [-0.2, -0.15) is 0 Å². The van der Waals surface area contributed by atoms with E-state index in [4.69, 9.17) is 0 Å². The molecule has 0 saturated carbocycles. The summed E-state index contributed by atoms with van der Waals surface area (Å²) in [7, 11) is 0. The molecule has 100 valence electrons. The van der Waals surface area contributed by atoms with Gasteiger partial charge in [0.2, 0.25) is 0 Å². The van der Waals surface area contributed by atoms with Crippen LogP contribution in [0.4, 0.5) is 0 Å². The maximum Gasteiger partial charge on any atom is 0.353 e. The minimum atomic E-state index is -0.362.